The lowest BCUT2D eigenvalue weighted by molar-refractivity contribution is 0.0603. The number of thiophene rings is 1. The van der Waals surface area contributed by atoms with Crippen molar-refractivity contribution in [2.24, 2.45) is 0 Å². The molecule has 7 heteroatoms. The quantitative estimate of drug-likeness (QED) is 0.799. The molecule has 2 rings (SSSR count). The maximum absolute atomic E-state index is 13.2. The van der Waals surface area contributed by atoms with Gasteiger partial charge in [-0.2, -0.15) is 0 Å². The highest BCUT2D eigenvalue weighted by atomic mass is 32.1. The number of rotatable bonds is 5. The maximum Gasteiger partial charge on any atom is 0.412 e. The molecule has 0 fully saturated rings. The Morgan fingerprint density at radius 3 is 2.50 bits per heavy atom. The Bertz CT molecular complexity index is 740. The van der Waals surface area contributed by atoms with Crippen molar-refractivity contribution in [2.45, 2.75) is 20.3 Å². The van der Waals surface area contributed by atoms with E-state index in [4.69, 9.17) is 9.47 Å². The highest BCUT2D eigenvalue weighted by Gasteiger charge is 2.25. The van der Waals surface area contributed by atoms with E-state index in [-0.39, 0.29) is 18.0 Å². The Balaban J connectivity index is 2.45. The Morgan fingerprint density at radius 2 is 1.92 bits per heavy atom. The molecular formula is C17H18FNO4S. The van der Waals surface area contributed by atoms with Crippen molar-refractivity contribution < 1.29 is 23.5 Å². The van der Waals surface area contributed by atoms with Crippen LogP contribution in [0.5, 0.6) is 0 Å². The molecule has 1 heterocycles. The minimum atomic E-state index is -0.631. The molecule has 0 spiro atoms. The van der Waals surface area contributed by atoms with Crippen molar-refractivity contribution in [2.75, 3.05) is 19.0 Å². The molecule has 0 bridgehead atoms. The second kappa shape index (κ2) is 7.92. The molecule has 0 aliphatic rings. The summed E-state index contributed by atoms with van der Waals surface area (Å²) in [7, 11) is 1.27. The summed E-state index contributed by atoms with van der Waals surface area (Å²) >= 11 is 1.24. The SMILES string of the molecule is CCCOC(=O)Nc1sc(C)c(-c2ccc(F)cc2)c1C(=O)OC. The lowest BCUT2D eigenvalue weighted by atomic mass is 10.0. The van der Waals surface area contributed by atoms with Crippen molar-refractivity contribution in [1.29, 1.82) is 0 Å². The number of nitrogens with one attached hydrogen (secondary N) is 1. The van der Waals surface area contributed by atoms with Gasteiger partial charge in [0.25, 0.3) is 0 Å². The molecule has 0 saturated carbocycles. The van der Waals surface area contributed by atoms with Crippen LogP contribution in [0.15, 0.2) is 24.3 Å². The van der Waals surface area contributed by atoms with Gasteiger partial charge in [-0.05, 0) is 31.0 Å². The van der Waals surface area contributed by atoms with Crippen molar-refractivity contribution in [3.05, 3.63) is 40.5 Å². The van der Waals surface area contributed by atoms with Crippen LogP contribution < -0.4 is 5.32 Å². The van der Waals surface area contributed by atoms with Crippen molar-refractivity contribution >= 4 is 28.4 Å². The number of hydrogen-bond donors (Lipinski definition) is 1. The molecule has 0 unspecified atom stereocenters. The average Bonchev–Trinajstić information content (AvgIpc) is 2.89. The van der Waals surface area contributed by atoms with Crippen LogP contribution in [0.1, 0.15) is 28.6 Å². The van der Waals surface area contributed by atoms with Crippen molar-refractivity contribution in [3.63, 3.8) is 0 Å². The van der Waals surface area contributed by atoms with Gasteiger partial charge in [-0.25, -0.2) is 14.0 Å². The number of ether oxygens (including phenoxy) is 2. The molecule has 0 radical (unpaired) electrons. The number of esters is 1. The van der Waals surface area contributed by atoms with E-state index in [1.807, 2.05) is 13.8 Å². The monoisotopic (exact) mass is 351 g/mol. The van der Waals surface area contributed by atoms with Gasteiger partial charge in [-0.3, -0.25) is 5.32 Å². The van der Waals surface area contributed by atoms with Gasteiger partial charge in [0.15, 0.2) is 0 Å². The third kappa shape index (κ3) is 3.91. The fraction of sp³-hybridized carbons (Fsp3) is 0.294. The Labute approximate surface area is 143 Å². The molecule has 1 aromatic carbocycles. The number of hydrogen-bond acceptors (Lipinski definition) is 5. The van der Waals surface area contributed by atoms with E-state index in [1.54, 1.807) is 12.1 Å². The number of aryl methyl sites for hydroxylation is 1. The third-order valence-electron chi connectivity index (χ3n) is 3.26. The predicted molar refractivity (Wildman–Crippen MR) is 91.1 cm³/mol. The number of carbonyl (C=O) groups excluding carboxylic acids is 2. The molecule has 1 N–H and O–H groups in total. The van der Waals surface area contributed by atoms with Crippen LogP contribution in [0.2, 0.25) is 0 Å². The van der Waals surface area contributed by atoms with Gasteiger partial charge in [0.05, 0.1) is 13.7 Å². The predicted octanol–water partition coefficient (Wildman–Crippen LogP) is 4.61. The van der Waals surface area contributed by atoms with E-state index in [0.29, 0.717) is 22.5 Å². The number of amides is 1. The first-order chi connectivity index (χ1) is 11.5. The summed E-state index contributed by atoms with van der Waals surface area (Å²) in [6, 6.07) is 5.79. The van der Waals surface area contributed by atoms with E-state index in [1.165, 1.54) is 30.6 Å². The molecular weight excluding hydrogens is 333 g/mol. The molecule has 0 aliphatic carbocycles. The highest BCUT2D eigenvalue weighted by Crippen LogP contribution is 2.40. The first-order valence-electron chi connectivity index (χ1n) is 7.39. The molecule has 1 aromatic heterocycles. The minimum absolute atomic E-state index is 0.236. The van der Waals surface area contributed by atoms with Crippen LogP contribution in [0.25, 0.3) is 11.1 Å². The van der Waals surface area contributed by atoms with Crippen LogP contribution in [0, 0.1) is 12.7 Å². The van der Waals surface area contributed by atoms with Crippen LogP contribution >= 0.6 is 11.3 Å². The average molecular weight is 351 g/mol. The summed E-state index contributed by atoms with van der Waals surface area (Å²) in [6.07, 6.45) is 0.0654. The van der Waals surface area contributed by atoms with Gasteiger partial charge in [0.2, 0.25) is 0 Å². The van der Waals surface area contributed by atoms with E-state index >= 15 is 0 Å². The van der Waals surface area contributed by atoms with Gasteiger partial charge in [0, 0.05) is 10.4 Å². The minimum Gasteiger partial charge on any atom is -0.465 e. The molecule has 24 heavy (non-hydrogen) atoms. The van der Waals surface area contributed by atoms with E-state index in [0.717, 1.165) is 4.88 Å². The number of carbonyl (C=O) groups is 2. The summed E-state index contributed by atoms with van der Waals surface area (Å²) in [5, 5.41) is 2.93. The number of anilines is 1. The lowest BCUT2D eigenvalue weighted by Gasteiger charge is -2.08. The Hall–Kier alpha value is -2.41. The Kier molecular flexibility index (Phi) is 5.92. The standard InChI is InChI=1S/C17H18FNO4S/c1-4-9-23-17(21)19-15-14(16(20)22-3)13(10(2)24-15)11-5-7-12(18)8-6-11/h5-8H,4,9H2,1-3H3,(H,19,21). The van der Waals surface area contributed by atoms with Gasteiger partial charge in [-0.1, -0.05) is 19.1 Å². The third-order valence-corrected chi connectivity index (χ3v) is 4.28. The number of methoxy groups -OCH3 is 1. The highest BCUT2D eigenvalue weighted by molar-refractivity contribution is 7.17. The fourth-order valence-electron chi connectivity index (χ4n) is 2.22. The van der Waals surface area contributed by atoms with Crippen LogP contribution in [-0.4, -0.2) is 25.8 Å². The Morgan fingerprint density at radius 1 is 1.25 bits per heavy atom. The topological polar surface area (TPSA) is 64.6 Å². The lowest BCUT2D eigenvalue weighted by Crippen LogP contribution is -2.15. The van der Waals surface area contributed by atoms with Crippen LogP contribution in [0.4, 0.5) is 14.2 Å². The van der Waals surface area contributed by atoms with Crippen molar-refractivity contribution in [1.82, 2.24) is 0 Å². The zero-order valence-corrected chi connectivity index (χ0v) is 14.5. The van der Waals surface area contributed by atoms with Gasteiger partial charge < -0.3 is 9.47 Å². The van der Waals surface area contributed by atoms with Crippen LogP contribution in [-0.2, 0) is 9.47 Å². The molecule has 2 aromatic rings. The summed E-state index contributed by atoms with van der Waals surface area (Å²) in [5.41, 5.74) is 1.51. The molecule has 0 atom stereocenters. The van der Waals surface area contributed by atoms with Gasteiger partial charge >= 0.3 is 12.1 Å². The molecule has 128 valence electrons. The van der Waals surface area contributed by atoms with Crippen molar-refractivity contribution in [3.8, 4) is 11.1 Å². The second-order valence-corrected chi connectivity index (χ2v) is 6.22. The number of benzene rings is 1. The first-order valence-corrected chi connectivity index (χ1v) is 8.21. The van der Waals surface area contributed by atoms with E-state index in [9.17, 15) is 14.0 Å². The smallest absolute Gasteiger partial charge is 0.412 e. The largest absolute Gasteiger partial charge is 0.465 e. The van der Waals surface area contributed by atoms with E-state index in [2.05, 4.69) is 5.32 Å². The zero-order chi connectivity index (χ0) is 17.7. The zero-order valence-electron chi connectivity index (χ0n) is 13.6. The fourth-order valence-corrected chi connectivity index (χ4v) is 3.27. The normalized spacial score (nSPS) is 10.3. The molecule has 5 nitrogen and oxygen atoms in total. The maximum atomic E-state index is 13.2. The van der Waals surface area contributed by atoms with Crippen LogP contribution in [0.3, 0.4) is 0 Å². The molecule has 1 amide bonds. The first kappa shape index (κ1) is 17.9. The molecule has 0 saturated heterocycles. The van der Waals surface area contributed by atoms with E-state index < -0.39 is 12.1 Å². The summed E-state index contributed by atoms with van der Waals surface area (Å²) < 4.78 is 23.0. The summed E-state index contributed by atoms with van der Waals surface area (Å²) in [6.45, 7) is 3.99. The van der Waals surface area contributed by atoms with Gasteiger partial charge in [-0.15, -0.1) is 11.3 Å². The summed E-state index contributed by atoms with van der Waals surface area (Å²) in [4.78, 5) is 24.8. The summed E-state index contributed by atoms with van der Waals surface area (Å²) in [5.74, 6) is -0.947. The molecule has 0 aliphatic heterocycles. The van der Waals surface area contributed by atoms with Gasteiger partial charge in [0.1, 0.15) is 16.4 Å². The number of halogens is 1. The second-order valence-electron chi connectivity index (χ2n) is 5.00.